The van der Waals surface area contributed by atoms with Crippen molar-refractivity contribution in [3.8, 4) is 0 Å². The number of carbonyl (C=O) groups excluding carboxylic acids is 3. The Morgan fingerprint density at radius 1 is 1.05 bits per heavy atom. The van der Waals surface area contributed by atoms with E-state index in [0.29, 0.717) is 23.4 Å². The minimum absolute atomic E-state index is 0.0242. The number of ketones is 1. The van der Waals surface area contributed by atoms with Crippen molar-refractivity contribution in [2.75, 3.05) is 34.4 Å². The van der Waals surface area contributed by atoms with E-state index in [1.54, 1.807) is 57.0 Å². The number of cyclic esters (lactones) is 1. The quantitative estimate of drug-likeness (QED) is 0.278. The largest absolute Gasteiger partial charge is 0.457 e. The number of rotatable bonds is 8. The molecule has 1 aromatic rings. The van der Waals surface area contributed by atoms with Gasteiger partial charge in [-0.05, 0) is 91.1 Å². The Morgan fingerprint density at radius 2 is 1.71 bits per heavy atom. The average Bonchev–Trinajstić information content (AvgIpc) is 3.30. The van der Waals surface area contributed by atoms with Gasteiger partial charge >= 0.3 is 12.1 Å². The van der Waals surface area contributed by atoms with Gasteiger partial charge in [0, 0.05) is 35.7 Å². The molecule has 14 heteroatoms. The summed E-state index contributed by atoms with van der Waals surface area (Å²) < 4.78 is 32.1. The highest BCUT2D eigenvalue weighted by Crippen LogP contribution is 2.46. The van der Waals surface area contributed by atoms with E-state index in [0.717, 1.165) is 5.71 Å². The molecule has 13 nitrogen and oxygen atoms in total. The van der Waals surface area contributed by atoms with Crippen LogP contribution in [0.2, 0.25) is 5.02 Å². The van der Waals surface area contributed by atoms with Crippen molar-refractivity contribution in [2.24, 2.45) is 28.2 Å². The Hall–Kier alpha value is -2.65. The molecular formula is C41H62ClN3O10. The van der Waals surface area contributed by atoms with E-state index < -0.39 is 83.0 Å². The van der Waals surface area contributed by atoms with Crippen LogP contribution in [0.3, 0.4) is 0 Å². The third-order valence-corrected chi connectivity index (χ3v) is 13.1. The van der Waals surface area contributed by atoms with Gasteiger partial charge in [0.2, 0.25) is 0 Å². The van der Waals surface area contributed by atoms with Crippen molar-refractivity contribution in [1.29, 1.82) is 0 Å². The maximum absolute atomic E-state index is 15.3. The normalized spacial score (nSPS) is 41.7. The number of esters is 1. The number of halogens is 1. The van der Waals surface area contributed by atoms with Crippen molar-refractivity contribution in [2.45, 2.75) is 141 Å². The molecule has 0 radical (unpaired) electrons. The summed E-state index contributed by atoms with van der Waals surface area (Å²) in [4.78, 5) is 52.5. The summed E-state index contributed by atoms with van der Waals surface area (Å²) in [5, 5.41) is 22.7. The van der Waals surface area contributed by atoms with Crippen molar-refractivity contribution < 1.29 is 48.3 Å². The zero-order valence-electron chi connectivity index (χ0n) is 34.3. The number of fused-ring (bicyclic) bond motifs is 1. The summed E-state index contributed by atoms with van der Waals surface area (Å²) in [7, 11) is 5.34. The topological polar surface area (TPSA) is 157 Å². The molecule has 2 bridgehead atoms. The highest BCUT2D eigenvalue weighted by atomic mass is 35.5. The highest BCUT2D eigenvalue weighted by molar-refractivity contribution is 6.30. The van der Waals surface area contributed by atoms with Gasteiger partial charge in [-0.25, -0.2) is 4.79 Å². The van der Waals surface area contributed by atoms with Crippen LogP contribution in [0.15, 0.2) is 29.3 Å². The highest BCUT2D eigenvalue weighted by Gasteiger charge is 2.63. The van der Waals surface area contributed by atoms with E-state index >= 15 is 4.79 Å². The molecule has 14 atom stereocenters. The zero-order valence-corrected chi connectivity index (χ0v) is 35.0. The first-order valence-corrected chi connectivity index (χ1v) is 20.0. The molecule has 0 aromatic heterocycles. The van der Waals surface area contributed by atoms with Gasteiger partial charge in [-0.2, -0.15) is 0 Å². The molecule has 55 heavy (non-hydrogen) atoms. The number of likely N-dealkylation sites (N-methyl/N-ethyl adjacent to an activating group) is 1. The van der Waals surface area contributed by atoms with Crippen LogP contribution in [0.4, 0.5) is 4.79 Å². The SMILES string of the molecule is CC[C@H]1OC(=O)C(C)(Cc2ccc(Cl)cc2)C(=O)[C@H](C)[C@@H](OC2O[C@H](C)C[C@H](N(C)C)[C@H]2O)[C@@](C)(OC)C[C@@H](C)C2=NC[C@@H](CO)N3C(=O)OC1(C)C3[C@H]2C. The Bertz CT molecular complexity index is 1590. The van der Waals surface area contributed by atoms with Gasteiger partial charge in [-0.3, -0.25) is 19.5 Å². The third-order valence-electron chi connectivity index (χ3n) is 12.9. The van der Waals surface area contributed by atoms with Gasteiger partial charge in [-0.1, -0.05) is 51.4 Å². The van der Waals surface area contributed by atoms with E-state index in [1.165, 1.54) is 0 Å². The number of methoxy groups -OCH3 is 1. The molecule has 5 rings (SSSR count). The fourth-order valence-electron chi connectivity index (χ4n) is 9.81. The van der Waals surface area contributed by atoms with Gasteiger partial charge in [0.25, 0.3) is 0 Å². The lowest BCUT2D eigenvalue weighted by Crippen LogP contribution is -2.61. The summed E-state index contributed by atoms with van der Waals surface area (Å²) in [5.41, 5.74) is -2.88. The van der Waals surface area contributed by atoms with Gasteiger partial charge in [0.15, 0.2) is 17.7 Å². The fourth-order valence-corrected chi connectivity index (χ4v) is 9.93. The van der Waals surface area contributed by atoms with E-state index in [9.17, 15) is 19.8 Å². The van der Waals surface area contributed by atoms with Crippen molar-refractivity contribution in [3.63, 3.8) is 0 Å². The van der Waals surface area contributed by atoms with Crippen LogP contribution in [-0.4, -0.2) is 138 Å². The fraction of sp³-hybridized carbons (Fsp3) is 0.756. The van der Waals surface area contributed by atoms with Gasteiger partial charge in [0.1, 0.15) is 17.6 Å². The van der Waals surface area contributed by atoms with E-state index in [4.69, 9.17) is 40.3 Å². The van der Waals surface area contributed by atoms with Crippen molar-refractivity contribution >= 4 is 35.2 Å². The summed E-state index contributed by atoms with van der Waals surface area (Å²) >= 11 is 6.24. The van der Waals surface area contributed by atoms with Crippen LogP contribution >= 0.6 is 11.6 Å². The molecule has 3 fully saturated rings. The van der Waals surface area contributed by atoms with Crippen LogP contribution in [0, 0.1) is 23.2 Å². The Kier molecular flexibility index (Phi) is 13.2. The van der Waals surface area contributed by atoms with Gasteiger partial charge in [0.05, 0.1) is 43.0 Å². The predicted octanol–water partition coefficient (Wildman–Crippen LogP) is 4.70. The zero-order chi connectivity index (χ0) is 40.8. The molecule has 4 heterocycles. The maximum Gasteiger partial charge on any atom is 0.411 e. The Balaban J connectivity index is 1.71. The van der Waals surface area contributed by atoms with Gasteiger partial charge < -0.3 is 38.8 Å². The molecule has 3 saturated heterocycles. The number of ether oxygens (including phenoxy) is 5. The summed E-state index contributed by atoms with van der Waals surface area (Å²) in [6, 6.07) is 5.32. The molecular weight excluding hydrogens is 730 g/mol. The lowest BCUT2D eigenvalue weighted by Gasteiger charge is -2.48. The van der Waals surface area contributed by atoms with Crippen LogP contribution in [-0.2, 0) is 39.7 Å². The summed E-state index contributed by atoms with van der Waals surface area (Å²) in [6.45, 7) is 14.5. The monoisotopic (exact) mass is 791 g/mol. The molecule has 2 N–H and O–H groups in total. The minimum atomic E-state index is -1.77. The number of carbonyl (C=O) groups is 3. The second-order valence-electron chi connectivity index (χ2n) is 17.1. The molecule has 4 aliphatic heterocycles. The molecule has 0 saturated carbocycles. The lowest BCUT2D eigenvalue weighted by atomic mass is 9.69. The third kappa shape index (κ3) is 8.09. The standard InChI is InChI=1S/C41H62ClN3O10/c1-12-30-41(8)33-24(4)31(43-20-28(21-46)45(33)38(50)55-41)22(2)18-40(7,51-11)35(54-36-32(47)29(44(9)10)17-23(3)52-36)25(5)34(48)39(6,37(49)53-30)19-26-13-15-27(42)16-14-26/h13-16,22-25,28-30,32-33,35-36,46-47H,12,17-21H2,1-11H3/t22-,23-,24+,25+,28+,29+,30-,32-,33?,35-,36?,39?,40+,41?/m1/s1. The lowest BCUT2D eigenvalue weighted by molar-refractivity contribution is -0.295. The molecule has 308 valence electrons. The Morgan fingerprint density at radius 3 is 2.29 bits per heavy atom. The van der Waals surface area contributed by atoms with Gasteiger partial charge in [-0.15, -0.1) is 0 Å². The molecule has 4 aliphatic rings. The number of aliphatic hydroxyl groups excluding tert-OH is 2. The summed E-state index contributed by atoms with van der Waals surface area (Å²) in [6.07, 6.45) is -3.92. The maximum atomic E-state index is 15.3. The second-order valence-corrected chi connectivity index (χ2v) is 17.6. The van der Waals surface area contributed by atoms with E-state index in [1.807, 2.05) is 53.6 Å². The molecule has 0 aliphatic carbocycles. The summed E-state index contributed by atoms with van der Waals surface area (Å²) in [5.74, 6) is -2.92. The number of amides is 1. The number of aliphatic imine (C=N–C) groups is 1. The minimum Gasteiger partial charge on any atom is -0.457 e. The number of hydrogen-bond donors (Lipinski definition) is 2. The molecule has 1 amide bonds. The number of aliphatic hydroxyl groups is 2. The first-order chi connectivity index (χ1) is 25.8. The predicted molar refractivity (Wildman–Crippen MR) is 207 cm³/mol. The number of hydrogen-bond acceptors (Lipinski definition) is 12. The second kappa shape index (κ2) is 16.7. The van der Waals surface area contributed by atoms with Crippen LogP contribution in [0.25, 0.3) is 0 Å². The van der Waals surface area contributed by atoms with E-state index in [-0.39, 0.29) is 44.1 Å². The van der Waals surface area contributed by atoms with Crippen LogP contribution in [0.5, 0.6) is 0 Å². The van der Waals surface area contributed by atoms with Crippen molar-refractivity contribution in [1.82, 2.24) is 9.80 Å². The van der Waals surface area contributed by atoms with Crippen molar-refractivity contribution in [3.05, 3.63) is 34.9 Å². The first-order valence-electron chi connectivity index (χ1n) is 19.6. The first kappa shape index (κ1) is 43.5. The average molecular weight is 792 g/mol. The molecule has 4 unspecified atom stereocenters. The Labute approximate surface area is 331 Å². The number of benzene rings is 1. The van der Waals surface area contributed by atoms with Crippen LogP contribution < -0.4 is 0 Å². The number of nitrogens with zero attached hydrogens (tertiary/aromatic N) is 3. The smallest absolute Gasteiger partial charge is 0.411 e. The molecule has 0 spiro atoms. The number of Topliss-reactive ketones (excluding diaryl/α,β-unsaturated/α-hetero) is 1. The van der Waals surface area contributed by atoms with E-state index in [2.05, 4.69) is 0 Å². The van der Waals surface area contributed by atoms with Crippen LogP contribution in [0.1, 0.15) is 80.2 Å². The molecule has 1 aromatic carbocycles.